The van der Waals surface area contributed by atoms with Crippen LogP contribution < -0.4 is 4.72 Å². The molecular weight excluding hydrogens is 354 g/mol. The molecule has 96 valence electrons. The van der Waals surface area contributed by atoms with Crippen LogP contribution in [0.5, 0.6) is 0 Å². The number of hydrogen-bond donors (Lipinski definition) is 1. The highest BCUT2D eigenvalue weighted by Crippen LogP contribution is 2.30. The largest absolute Gasteiger partial charge is 0.278 e. The molecule has 0 saturated heterocycles. The summed E-state index contributed by atoms with van der Waals surface area (Å²) in [6.45, 7) is 0. The van der Waals surface area contributed by atoms with Gasteiger partial charge in [0.05, 0.1) is 9.47 Å². The van der Waals surface area contributed by atoms with E-state index < -0.39 is 10.0 Å². The molecule has 2 aromatic rings. The van der Waals surface area contributed by atoms with Crippen LogP contribution in [0, 0.1) is 0 Å². The highest BCUT2D eigenvalue weighted by Gasteiger charge is 2.17. The molecule has 2 rings (SSSR count). The van der Waals surface area contributed by atoms with E-state index >= 15 is 0 Å². The molecule has 1 N–H and O–H groups in total. The molecule has 3 nitrogen and oxygen atoms in total. The summed E-state index contributed by atoms with van der Waals surface area (Å²) >= 11 is 5.95. The fourth-order valence-electron chi connectivity index (χ4n) is 1.37. The van der Waals surface area contributed by atoms with Crippen LogP contribution in [0.25, 0.3) is 0 Å². The van der Waals surface area contributed by atoms with E-state index in [1.807, 2.05) is 24.5 Å². The van der Waals surface area contributed by atoms with Gasteiger partial charge in [-0.1, -0.05) is 12.1 Å². The maximum atomic E-state index is 12.2. The van der Waals surface area contributed by atoms with Crippen molar-refractivity contribution in [3.8, 4) is 0 Å². The first kappa shape index (κ1) is 13.9. The lowest BCUT2D eigenvalue weighted by Gasteiger charge is -2.09. The summed E-state index contributed by atoms with van der Waals surface area (Å²) in [6, 6.07) is 10.6. The second-order valence-electron chi connectivity index (χ2n) is 3.36. The van der Waals surface area contributed by atoms with Crippen molar-refractivity contribution >= 4 is 54.7 Å². The number of para-hydroxylation sites is 1. The van der Waals surface area contributed by atoms with Crippen molar-refractivity contribution in [1.29, 1.82) is 0 Å². The molecule has 0 bridgehead atoms. The fraction of sp³-hybridized carbons (Fsp3) is 0.0909. The Labute approximate surface area is 123 Å². The van der Waals surface area contributed by atoms with Crippen LogP contribution in [0.4, 0.5) is 5.69 Å². The van der Waals surface area contributed by atoms with Gasteiger partial charge >= 0.3 is 0 Å². The highest BCUT2D eigenvalue weighted by atomic mass is 79.9. The number of hydrogen-bond acceptors (Lipinski definition) is 4. The summed E-state index contributed by atoms with van der Waals surface area (Å²) in [7, 11) is -3.50. The Bertz CT molecular complexity index is 652. The molecule has 7 heteroatoms. The number of sulfonamides is 1. The topological polar surface area (TPSA) is 46.2 Å². The minimum absolute atomic E-state index is 0.297. The minimum Gasteiger partial charge on any atom is -0.278 e. The quantitative estimate of drug-likeness (QED) is 0.833. The Balaban J connectivity index is 2.33. The van der Waals surface area contributed by atoms with Crippen molar-refractivity contribution in [2.75, 3.05) is 11.0 Å². The van der Waals surface area contributed by atoms with Crippen molar-refractivity contribution in [3.05, 3.63) is 40.2 Å². The highest BCUT2D eigenvalue weighted by molar-refractivity contribution is 9.11. The van der Waals surface area contributed by atoms with Crippen LogP contribution in [-0.4, -0.2) is 14.7 Å². The Morgan fingerprint density at radius 3 is 2.56 bits per heavy atom. The van der Waals surface area contributed by atoms with E-state index in [2.05, 4.69) is 20.7 Å². The van der Waals surface area contributed by atoms with Gasteiger partial charge in [0.2, 0.25) is 0 Å². The fourth-order valence-corrected chi connectivity index (χ4v) is 5.07. The van der Waals surface area contributed by atoms with Gasteiger partial charge in [0.1, 0.15) is 4.21 Å². The van der Waals surface area contributed by atoms with Gasteiger partial charge in [0, 0.05) is 4.90 Å². The van der Waals surface area contributed by atoms with Crippen LogP contribution in [0.15, 0.2) is 49.3 Å². The first-order valence-electron chi connectivity index (χ1n) is 4.94. The van der Waals surface area contributed by atoms with E-state index in [-0.39, 0.29) is 0 Å². The molecule has 0 aliphatic rings. The molecule has 0 unspecified atom stereocenters. The molecule has 0 saturated carbocycles. The third-order valence-electron chi connectivity index (χ3n) is 2.16. The van der Waals surface area contributed by atoms with Crippen LogP contribution in [-0.2, 0) is 10.0 Å². The van der Waals surface area contributed by atoms with Gasteiger partial charge in [0.25, 0.3) is 10.0 Å². The van der Waals surface area contributed by atoms with Gasteiger partial charge in [-0.3, -0.25) is 4.72 Å². The third-order valence-corrected chi connectivity index (χ3v) is 6.44. The zero-order valence-corrected chi connectivity index (χ0v) is 13.4. The molecule has 0 radical (unpaired) electrons. The van der Waals surface area contributed by atoms with Crippen molar-refractivity contribution in [3.63, 3.8) is 0 Å². The average molecular weight is 364 g/mol. The molecule has 1 aromatic heterocycles. The number of halogens is 1. The van der Waals surface area contributed by atoms with Gasteiger partial charge in [-0.2, -0.15) is 0 Å². The van der Waals surface area contributed by atoms with E-state index in [0.29, 0.717) is 9.90 Å². The van der Waals surface area contributed by atoms with Gasteiger partial charge < -0.3 is 0 Å². The minimum atomic E-state index is -3.50. The molecule has 1 aromatic carbocycles. The Kier molecular flexibility index (Phi) is 4.37. The lowest BCUT2D eigenvalue weighted by atomic mass is 10.3. The van der Waals surface area contributed by atoms with Crippen molar-refractivity contribution in [1.82, 2.24) is 0 Å². The molecular formula is C11H10BrNO2S3. The van der Waals surface area contributed by atoms with Crippen LogP contribution in [0.3, 0.4) is 0 Å². The summed E-state index contributed by atoms with van der Waals surface area (Å²) in [6.07, 6.45) is 1.91. The summed E-state index contributed by atoms with van der Waals surface area (Å²) in [5.74, 6) is 0. The molecule has 0 aliphatic carbocycles. The second-order valence-corrected chi connectivity index (χ2v) is 8.58. The van der Waals surface area contributed by atoms with Crippen LogP contribution >= 0.6 is 39.0 Å². The molecule has 0 amide bonds. The lowest BCUT2D eigenvalue weighted by molar-refractivity contribution is 0.603. The number of anilines is 1. The zero-order valence-electron chi connectivity index (χ0n) is 9.38. The Morgan fingerprint density at radius 2 is 1.94 bits per heavy atom. The normalized spacial score (nSPS) is 11.4. The Morgan fingerprint density at radius 1 is 1.22 bits per heavy atom. The van der Waals surface area contributed by atoms with Gasteiger partial charge in [-0.25, -0.2) is 8.42 Å². The molecule has 18 heavy (non-hydrogen) atoms. The second kappa shape index (κ2) is 5.64. The Hall–Kier alpha value is -0.500. The standard InChI is InChI=1S/C11H10BrNO2S3/c1-16-9-5-3-2-4-8(9)13-18(14,15)11-7-6-10(12)17-11/h2-7,13H,1H3. The molecule has 0 aliphatic heterocycles. The average Bonchev–Trinajstić information content (AvgIpc) is 2.77. The van der Waals surface area contributed by atoms with Crippen molar-refractivity contribution in [2.24, 2.45) is 0 Å². The van der Waals surface area contributed by atoms with Crippen LogP contribution in [0.1, 0.15) is 0 Å². The first-order valence-corrected chi connectivity index (χ1v) is 9.26. The van der Waals surface area contributed by atoms with Gasteiger partial charge in [0.15, 0.2) is 0 Å². The molecule has 0 fully saturated rings. The smallest absolute Gasteiger partial charge is 0.271 e. The van der Waals surface area contributed by atoms with E-state index in [4.69, 9.17) is 0 Å². The third kappa shape index (κ3) is 3.09. The SMILES string of the molecule is CSc1ccccc1NS(=O)(=O)c1ccc(Br)s1. The first-order chi connectivity index (χ1) is 8.53. The van der Waals surface area contributed by atoms with E-state index in [1.165, 1.54) is 23.1 Å². The van der Waals surface area contributed by atoms with E-state index in [0.717, 1.165) is 8.68 Å². The van der Waals surface area contributed by atoms with Gasteiger partial charge in [-0.15, -0.1) is 23.1 Å². The predicted molar refractivity (Wildman–Crippen MR) is 81.1 cm³/mol. The maximum Gasteiger partial charge on any atom is 0.271 e. The van der Waals surface area contributed by atoms with E-state index in [9.17, 15) is 8.42 Å². The van der Waals surface area contributed by atoms with Crippen molar-refractivity contribution in [2.45, 2.75) is 9.10 Å². The van der Waals surface area contributed by atoms with Crippen LogP contribution in [0.2, 0.25) is 0 Å². The van der Waals surface area contributed by atoms with Gasteiger partial charge in [-0.05, 0) is 46.5 Å². The molecule has 1 heterocycles. The predicted octanol–water partition coefficient (Wildman–Crippen LogP) is 4.03. The summed E-state index contributed by atoms with van der Waals surface area (Å²) < 4.78 is 28.0. The molecule has 0 spiro atoms. The number of rotatable bonds is 4. The lowest BCUT2D eigenvalue weighted by Crippen LogP contribution is -2.11. The number of nitrogens with one attached hydrogen (secondary N) is 1. The number of thiophene rings is 1. The van der Waals surface area contributed by atoms with E-state index in [1.54, 1.807) is 18.2 Å². The number of benzene rings is 1. The summed E-state index contributed by atoms with van der Waals surface area (Å²) in [4.78, 5) is 0.900. The summed E-state index contributed by atoms with van der Waals surface area (Å²) in [5.41, 5.74) is 0.606. The van der Waals surface area contributed by atoms with Crippen molar-refractivity contribution < 1.29 is 8.42 Å². The zero-order chi connectivity index (χ0) is 13.2. The maximum absolute atomic E-state index is 12.2. The molecule has 0 atom stereocenters. The number of thioether (sulfide) groups is 1. The summed E-state index contributed by atoms with van der Waals surface area (Å²) in [5, 5.41) is 0. The monoisotopic (exact) mass is 363 g/mol.